The molecular formula is C76H93N5O2. The summed E-state index contributed by atoms with van der Waals surface area (Å²) < 4.78 is 0. The van der Waals surface area contributed by atoms with E-state index in [0.29, 0.717) is 22.3 Å². The van der Waals surface area contributed by atoms with Crippen molar-refractivity contribution in [2.75, 3.05) is 0 Å². The zero-order valence-corrected chi connectivity index (χ0v) is 54.6. The van der Waals surface area contributed by atoms with E-state index in [9.17, 15) is 10.1 Å². The van der Waals surface area contributed by atoms with E-state index in [4.69, 9.17) is 9.97 Å². The Morgan fingerprint density at radius 3 is 0.867 bits per heavy atom. The third kappa shape index (κ3) is 12.3. The molecule has 0 fully saturated rings. The fourth-order valence-corrected chi connectivity index (χ4v) is 11.2. The molecule has 0 radical (unpaired) electrons. The van der Waals surface area contributed by atoms with E-state index in [2.05, 4.69) is 285 Å². The van der Waals surface area contributed by atoms with Crippen LogP contribution in [-0.4, -0.2) is 24.9 Å². The van der Waals surface area contributed by atoms with E-state index in [1.807, 2.05) is 0 Å². The van der Waals surface area contributed by atoms with Crippen molar-refractivity contribution >= 4 is 52.1 Å². The summed E-state index contributed by atoms with van der Waals surface area (Å²) in [5.74, 6) is 0. The molecule has 7 aromatic rings. The highest BCUT2D eigenvalue weighted by molar-refractivity contribution is 6.03. The number of H-pyrrole nitrogens is 2. The lowest BCUT2D eigenvalue weighted by Gasteiger charge is -2.26. The number of nitro groups is 1. The zero-order valence-electron chi connectivity index (χ0n) is 54.6. The summed E-state index contributed by atoms with van der Waals surface area (Å²) in [4.78, 5) is 33.3. The molecule has 2 aliphatic rings. The van der Waals surface area contributed by atoms with Crippen molar-refractivity contribution in [2.24, 2.45) is 0 Å². The van der Waals surface area contributed by atoms with Crippen LogP contribution in [0.3, 0.4) is 0 Å². The molecule has 9 rings (SSSR count). The minimum Gasteiger partial charge on any atom is -0.354 e. The van der Waals surface area contributed by atoms with Gasteiger partial charge in [-0.2, -0.15) is 0 Å². The molecular weight excluding hydrogens is 1010 g/mol. The molecule has 8 bridgehead atoms. The third-order valence-corrected chi connectivity index (χ3v) is 16.9. The van der Waals surface area contributed by atoms with Gasteiger partial charge in [-0.05, 0) is 147 Å². The van der Waals surface area contributed by atoms with Crippen LogP contribution in [0.15, 0.2) is 91.0 Å². The smallest absolute Gasteiger partial charge is 0.295 e. The van der Waals surface area contributed by atoms with Crippen LogP contribution >= 0.6 is 0 Å². The summed E-state index contributed by atoms with van der Waals surface area (Å²) in [5, 5.41) is 14.1. The highest BCUT2D eigenvalue weighted by Crippen LogP contribution is 2.46. The molecule has 2 N–H and O–H groups in total. The SMILES string of the molecule is CC(C)(C)c1cc(-c2c3nc(c(-c4cc(C(C)(C)C)cc(C(C)(C)C)c4)c4ccc([nH]4)c(-c4cc(C(C)(C)C)cc(C(C)(C)C)c4)c4cc([N+](=O)[O-])c([nH]4)c(-c4cc(C(C)(C)C)cc(C(C)(C)C)c4)c4nc2C=C4)C=C3)cc(C(C)(C)C)c1. The maximum atomic E-state index is 14.1. The Labute approximate surface area is 496 Å². The van der Waals surface area contributed by atoms with Crippen molar-refractivity contribution in [3.63, 3.8) is 0 Å². The number of nitrogens with one attached hydrogen (secondary N) is 2. The van der Waals surface area contributed by atoms with E-state index in [1.54, 1.807) is 6.07 Å². The Morgan fingerprint density at radius 2 is 0.566 bits per heavy atom. The van der Waals surface area contributed by atoms with Crippen LogP contribution < -0.4 is 0 Å². The van der Waals surface area contributed by atoms with Gasteiger partial charge in [-0.25, -0.2) is 9.97 Å². The van der Waals surface area contributed by atoms with Crippen LogP contribution in [0.5, 0.6) is 0 Å². The Balaban J connectivity index is 1.61. The zero-order chi connectivity index (χ0) is 61.3. The van der Waals surface area contributed by atoms with Crippen molar-refractivity contribution < 1.29 is 4.92 Å². The average molecular weight is 1110 g/mol. The monoisotopic (exact) mass is 1110 g/mol. The molecule has 0 saturated heterocycles. The highest BCUT2D eigenvalue weighted by Gasteiger charge is 2.31. The largest absolute Gasteiger partial charge is 0.354 e. The number of hydrogen-bond donors (Lipinski definition) is 2. The number of aromatic amines is 2. The quantitative estimate of drug-likeness (QED) is 0.132. The maximum Gasteiger partial charge on any atom is 0.295 e. The summed E-state index contributed by atoms with van der Waals surface area (Å²) in [6, 6.07) is 33.8. The van der Waals surface area contributed by atoms with Crippen LogP contribution in [0.1, 0.15) is 233 Å². The summed E-state index contributed by atoms with van der Waals surface area (Å²) in [6.45, 7) is 54.2. The maximum absolute atomic E-state index is 14.1. The molecule has 434 valence electrons. The van der Waals surface area contributed by atoms with Gasteiger partial charge in [0.1, 0.15) is 5.52 Å². The summed E-state index contributed by atoms with van der Waals surface area (Å²) in [5.41, 5.74) is 20.7. The molecule has 0 saturated carbocycles. The molecule has 7 nitrogen and oxygen atoms in total. The van der Waals surface area contributed by atoms with Crippen LogP contribution in [0.4, 0.5) is 5.69 Å². The first-order valence-electron chi connectivity index (χ1n) is 30.0. The second-order valence-electron chi connectivity index (χ2n) is 32.1. The molecule has 0 amide bonds. The summed E-state index contributed by atoms with van der Waals surface area (Å²) in [6.07, 6.45) is 8.50. The van der Waals surface area contributed by atoms with Crippen LogP contribution in [0.2, 0.25) is 0 Å². The Bertz CT molecular complexity index is 3870. The third-order valence-electron chi connectivity index (χ3n) is 16.9. The second-order valence-corrected chi connectivity index (χ2v) is 32.1. The number of benzene rings is 4. The number of hydrogen-bond acceptors (Lipinski definition) is 4. The lowest BCUT2D eigenvalue weighted by Crippen LogP contribution is -2.16. The standard InChI is InChI=1S/C76H93N5O2/c1-69(2,3)48-31-44(32-49(39-48)70(4,5)6)64-56-25-26-57(77-56)65(45-33-50(71(7,8)9)40-51(34-45)72(10,11)12)59-29-30-61(79-59)67(47-37-54(75(19,20)21)42-55(38-47)76(22,23)24)68-63(81(82)83)43-62(80-68)66(60-28-27-58(64)78-60)46-35-52(73(13,14)15)41-53(36-46)74(16,17)18/h25-43,78,80H,1-24H3. The number of fused-ring (bicyclic) bond motifs is 8. The molecule has 3 aromatic heterocycles. The predicted octanol–water partition coefficient (Wildman–Crippen LogP) is 21.6. The minimum absolute atomic E-state index is 0.0329. The molecule has 4 aromatic carbocycles. The molecule has 5 heterocycles. The van der Waals surface area contributed by atoms with Gasteiger partial charge < -0.3 is 9.97 Å². The summed E-state index contributed by atoms with van der Waals surface area (Å²) >= 11 is 0. The van der Waals surface area contributed by atoms with Crippen LogP contribution in [0.25, 0.3) is 90.9 Å². The van der Waals surface area contributed by atoms with Gasteiger partial charge in [-0.1, -0.05) is 239 Å². The van der Waals surface area contributed by atoms with Gasteiger partial charge in [0.05, 0.1) is 33.2 Å². The van der Waals surface area contributed by atoms with Crippen molar-refractivity contribution in [3.8, 4) is 44.5 Å². The van der Waals surface area contributed by atoms with Crippen molar-refractivity contribution in [1.82, 2.24) is 19.9 Å². The summed E-state index contributed by atoms with van der Waals surface area (Å²) in [7, 11) is 0. The minimum atomic E-state index is -0.245. The first kappa shape index (κ1) is 60.5. The van der Waals surface area contributed by atoms with E-state index in [1.165, 1.54) is 33.4 Å². The van der Waals surface area contributed by atoms with Gasteiger partial charge in [0.25, 0.3) is 5.69 Å². The average Bonchev–Trinajstić information content (AvgIpc) is 4.03. The normalized spacial score (nSPS) is 13.8. The van der Waals surface area contributed by atoms with Gasteiger partial charge in [0.2, 0.25) is 0 Å². The van der Waals surface area contributed by atoms with Gasteiger partial charge in [-0.3, -0.25) is 10.1 Å². The van der Waals surface area contributed by atoms with E-state index in [0.717, 1.165) is 78.2 Å². The lowest BCUT2D eigenvalue weighted by molar-refractivity contribution is -0.382. The fourth-order valence-electron chi connectivity index (χ4n) is 11.2. The van der Waals surface area contributed by atoms with E-state index < -0.39 is 0 Å². The Hall–Kier alpha value is -7.12. The Kier molecular flexibility index (Phi) is 14.8. The van der Waals surface area contributed by atoms with Gasteiger partial charge in [0, 0.05) is 39.4 Å². The van der Waals surface area contributed by atoms with Gasteiger partial charge in [0.15, 0.2) is 0 Å². The first-order valence-corrected chi connectivity index (χ1v) is 30.0. The van der Waals surface area contributed by atoms with Crippen LogP contribution in [-0.2, 0) is 43.3 Å². The molecule has 2 aliphatic heterocycles. The molecule has 7 heteroatoms. The molecule has 0 unspecified atom stereocenters. The van der Waals surface area contributed by atoms with Crippen LogP contribution in [0, 0.1) is 10.1 Å². The number of aromatic nitrogens is 4. The molecule has 83 heavy (non-hydrogen) atoms. The molecule has 0 spiro atoms. The number of rotatable bonds is 5. The Morgan fingerprint density at radius 1 is 0.313 bits per heavy atom. The topological polar surface area (TPSA) is 100 Å². The predicted molar refractivity (Wildman–Crippen MR) is 357 cm³/mol. The first-order chi connectivity index (χ1) is 38.0. The lowest BCUT2D eigenvalue weighted by atomic mass is 9.78. The van der Waals surface area contributed by atoms with Crippen molar-refractivity contribution in [2.45, 2.75) is 209 Å². The highest BCUT2D eigenvalue weighted by atomic mass is 16.6. The number of nitrogens with zero attached hydrogens (tertiary/aromatic N) is 3. The molecule has 0 atom stereocenters. The van der Waals surface area contributed by atoms with Crippen molar-refractivity contribution in [3.05, 3.63) is 168 Å². The van der Waals surface area contributed by atoms with E-state index >= 15 is 0 Å². The molecule has 0 aliphatic carbocycles. The second kappa shape index (κ2) is 20.3. The van der Waals surface area contributed by atoms with E-state index in [-0.39, 0.29) is 53.9 Å². The van der Waals surface area contributed by atoms with Gasteiger partial charge >= 0.3 is 0 Å². The van der Waals surface area contributed by atoms with Gasteiger partial charge in [-0.15, -0.1) is 0 Å². The van der Waals surface area contributed by atoms with Crippen molar-refractivity contribution in [1.29, 1.82) is 0 Å². The fraction of sp³-hybridized carbons (Fsp3) is 0.421.